The third kappa shape index (κ3) is 3.19. The highest BCUT2D eigenvalue weighted by Crippen LogP contribution is 2.36. The lowest BCUT2D eigenvalue weighted by Gasteiger charge is -2.27. The number of hydrogen-bond donors (Lipinski definition) is 2. The predicted molar refractivity (Wildman–Crippen MR) is 76.3 cm³/mol. The average molecular weight is 300 g/mol. The van der Waals surface area contributed by atoms with Gasteiger partial charge in [0, 0.05) is 6.54 Å². The van der Waals surface area contributed by atoms with Gasteiger partial charge in [0.05, 0.1) is 4.90 Å². The van der Waals surface area contributed by atoms with Crippen molar-refractivity contribution < 1.29 is 12.8 Å². The molecule has 0 amide bonds. The van der Waals surface area contributed by atoms with Crippen molar-refractivity contribution in [3.8, 4) is 0 Å². The molecule has 112 valence electrons. The van der Waals surface area contributed by atoms with Crippen molar-refractivity contribution in [3.63, 3.8) is 0 Å². The van der Waals surface area contributed by atoms with Gasteiger partial charge < -0.3 is 5.73 Å². The van der Waals surface area contributed by atoms with Crippen LogP contribution < -0.4 is 10.5 Å². The molecule has 1 fully saturated rings. The number of nitrogens with one attached hydrogen (secondary N) is 1. The fourth-order valence-electron chi connectivity index (χ4n) is 2.82. The molecule has 0 spiro atoms. The van der Waals surface area contributed by atoms with Crippen molar-refractivity contribution in [3.05, 3.63) is 29.6 Å². The molecule has 1 aliphatic carbocycles. The van der Waals surface area contributed by atoms with Gasteiger partial charge in [-0.3, -0.25) is 0 Å². The quantitative estimate of drug-likeness (QED) is 0.873. The number of nitrogens with two attached hydrogens (primary N) is 1. The van der Waals surface area contributed by atoms with Crippen LogP contribution in [0, 0.1) is 18.2 Å². The van der Waals surface area contributed by atoms with E-state index in [1.807, 2.05) is 0 Å². The molecule has 1 saturated carbocycles. The van der Waals surface area contributed by atoms with Gasteiger partial charge in [-0.1, -0.05) is 12.8 Å². The number of hydrogen-bond acceptors (Lipinski definition) is 3. The van der Waals surface area contributed by atoms with E-state index in [9.17, 15) is 12.8 Å². The summed E-state index contributed by atoms with van der Waals surface area (Å²) < 4.78 is 40.3. The van der Waals surface area contributed by atoms with E-state index in [1.165, 1.54) is 12.1 Å². The van der Waals surface area contributed by atoms with Crippen molar-refractivity contribution in [2.75, 3.05) is 13.1 Å². The molecule has 0 unspecified atom stereocenters. The van der Waals surface area contributed by atoms with Crippen LogP contribution in [0.3, 0.4) is 0 Å². The van der Waals surface area contributed by atoms with Crippen molar-refractivity contribution in [2.24, 2.45) is 11.1 Å². The highest BCUT2D eigenvalue weighted by molar-refractivity contribution is 7.89. The summed E-state index contributed by atoms with van der Waals surface area (Å²) in [7, 11) is -3.62. The normalized spacial score (nSPS) is 18.4. The van der Waals surface area contributed by atoms with Crippen molar-refractivity contribution in [1.29, 1.82) is 0 Å². The Morgan fingerprint density at radius 3 is 2.55 bits per heavy atom. The number of aryl methyl sites for hydroxylation is 1. The second-order valence-corrected chi connectivity index (χ2v) is 7.38. The average Bonchev–Trinajstić information content (AvgIpc) is 2.85. The molecule has 0 saturated heterocycles. The second kappa shape index (κ2) is 5.79. The van der Waals surface area contributed by atoms with Gasteiger partial charge in [0.15, 0.2) is 0 Å². The molecule has 1 aromatic rings. The number of rotatable bonds is 5. The van der Waals surface area contributed by atoms with Crippen LogP contribution in [-0.4, -0.2) is 21.5 Å². The molecule has 20 heavy (non-hydrogen) atoms. The molecule has 0 radical (unpaired) electrons. The summed E-state index contributed by atoms with van der Waals surface area (Å²) >= 11 is 0. The molecule has 1 aliphatic rings. The van der Waals surface area contributed by atoms with Crippen LogP contribution in [0.1, 0.15) is 31.2 Å². The van der Waals surface area contributed by atoms with E-state index in [-0.39, 0.29) is 10.3 Å². The van der Waals surface area contributed by atoms with Gasteiger partial charge in [-0.15, -0.1) is 0 Å². The van der Waals surface area contributed by atoms with Gasteiger partial charge in [0.25, 0.3) is 0 Å². The zero-order valence-corrected chi connectivity index (χ0v) is 12.5. The minimum Gasteiger partial charge on any atom is -0.330 e. The van der Waals surface area contributed by atoms with E-state index in [1.54, 1.807) is 6.92 Å². The summed E-state index contributed by atoms with van der Waals surface area (Å²) in [6.07, 6.45) is 4.09. The van der Waals surface area contributed by atoms with Gasteiger partial charge in [-0.2, -0.15) is 0 Å². The topological polar surface area (TPSA) is 72.2 Å². The molecular formula is C14H21FN2O2S. The van der Waals surface area contributed by atoms with Crippen LogP contribution in [0.2, 0.25) is 0 Å². The summed E-state index contributed by atoms with van der Waals surface area (Å²) in [5.74, 6) is -0.435. The van der Waals surface area contributed by atoms with Gasteiger partial charge in [0.1, 0.15) is 5.82 Å². The molecule has 0 bridgehead atoms. The Bertz CT molecular complexity index is 581. The number of benzene rings is 1. The minimum absolute atomic E-state index is 0.124. The lowest BCUT2D eigenvalue weighted by atomic mass is 9.87. The molecule has 3 N–H and O–H groups in total. The van der Waals surface area contributed by atoms with E-state index in [0.29, 0.717) is 18.7 Å². The molecular weight excluding hydrogens is 279 g/mol. The lowest BCUT2D eigenvalue weighted by molar-refractivity contribution is 0.309. The largest absolute Gasteiger partial charge is 0.330 e. The molecule has 4 nitrogen and oxygen atoms in total. The Morgan fingerprint density at radius 1 is 1.35 bits per heavy atom. The van der Waals surface area contributed by atoms with E-state index in [0.717, 1.165) is 31.7 Å². The van der Waals surface area contributed by atoms with Crippen molar-refractivity contribution in [1.82, 2.24) is 4.72 Å². The summed E-state index contributed by atoms with van der Waals surface area (Å²) in [6, 6.07) is 3.69. The van der Waals surface area contributed by atoms with Crippen LogP contribution >= 0.6 is 0 Å². The highest BCUT2D eigenvalue weighted by Gasteiger charge is 2.33. The Labute approximate surface area is 119 Å². The SMILES string of the molecule is Cc1cc(F)ccc1S(=O)(=O)NCC1(CN)CCCC1. The number of halogens is 1. The molecule has 1 aromatic carbocycles. The molecule has 2 rings (SSSR count). The Hall–Kier alpha value is -0.980. The van der Waals surface area contributed by atoms with Crippen LogP contribution in [0.5, 0.6) is 0 Å². The first-order valence-corrected chi connectivity index (χ1v) is 8.33. The molecule has 0 atom stereocenters. The fraction of sp³-hybridized carbons (Fsp3) is 0.571. The monoisotopic (exact) mass is 300 g/mol. The van der Waals surface area contributed by atoms with Crippen molar-refractivity contribution in [2.45, 2.75) is 37.5 Å². The van der Waals surface area contributed by atoms with Gasteiger partial charge in [-0.05, 0) is 55.5 Å². The maximum Gasteiger partial charge on any atom is 0.240 e. The Kier molecular flexibility index (Phi) is 4.46. The predicted octanol–water partition coefficient (Wildman–Crippen LogP) is 1.93. The minimum atomic E-state index is -3.62. The third-order valence-electron chi connectivity index (χ3n) is 4.16. The van der Waals surface area contributed by atoms with Crippen LogP contribution in [0.25, 0.3) is 0 Å². The van der Waals surface area contributed by atoms with Crippen LogP contribution in [-0.2, 0) is 10.0 Å². The summed E-state index contributed by atoms with van der Waals surface area (Å²) in [5.41, 5.74) is 6.09. The second-order valence-electron chi connectivity index (χ2n) is 5.65. The van der Waals surface area contributed by atoms with E-state index < -0.39 is 15.8 Å². The molecule has 6 heteroatoms. The molecule has 0 aliphatic heterocycles. The fourth-order valence-corrected chi connectivity index (χ4v) is 4.20. The first kappa shape index (κ1) is 15.4. The van der Waals surface area contributed by atoms with Gasteiger partial charge >= 0.3 is 0 Å². The first-order valence-electron chi connectivity index (χ1n) is 6.84. The molecule has 0 aromatic heterocycles. The zero-order valence-electron chi connectivity index (χ0n) is 11.7. The van der Waals surface area contributed by atoms with E-state index in [2.05, 4.69) is 4.72 Å². The zero-order chi connectivity index (χ0) is 14.8. The Morgan fingerprint density at radius 2 is 2.00 bits per heavy atom. The summed E-state index contributed by atoms with van der Waals surface area (Å²) in [5, 5.41) is 0. The number of sulfonamides is 1. The summed E-state index contributed by atoms with van der Waals surface area (Å²) in [6.45, 7) is 2.42. The maximum absolute atomic E-state index is 13.1. The lowest BCUT2D eigenvalue weighted by Crippen LogP contribution is -2.40. The Balaban J connectivity index is 2.15. The summed E-state index contributed by atoms with van der Waals surface area (Å²) in [4.78, 5) is 0.129. The third-order valence-corrected chi connectivity index (χ3v) is 5.72. The van der Waals surface area contributed by atoms with Crippen LogP contribution in [0.4, 0.5) is 4.39 Å². The maximum atomic E-state index is 13.1. The van der Waals surface area contributed by atoms with Crippen molar-refractivity contribution >= 4 is 10.0 Å². The van der Waals surface area contributed by atoms with E-state index in [4.69, 9.17) is 5.73 Å². The van der Waals surface area contributed by atoms with Crippen LogP contribution in [0.15, 0.2) is 23.1 Å². The first-order chi connectivity index (χ1) is 9.38. The standard InChI is InChI=1S/C14H21FN2O2S/c1-11-8-12(15)4-5-13(11)20(18,19)17-10-14(9-16)6-2-3-7-14/h4-5,8,17H,2-3,6-7,9-10,16H2,1H3. The highest BCUT2D eigenvalue weighted by atomic mass is 32.2. The van der Waals surface area contributed by atoms with Gasteiger partial charge in [0.2, 0.25) is 10.0 Å². The molecule has 0 heterocycles. The van der Waals surface area contributed by atoms with E-state index >= 15 is 0 Å². The van der Waals surface area contributed by atoms with Gasteiger partial charge in [-0.25, -0.2) is 17.5 Å². The smallest absolute Gasteiger partial charge is 0.240 e.